The van der Waals surface area contributed by atoms with E-state index in [0.29, 0.717) is 6.54 Å². The molecule has 1 rings (SSSR count). The number of carbonyl (C=O) groups excluding carboxylic acids is 2. The fourth-order valence-electron chi connectivity index (χ4n) is 1.57. The average molecular weight is 328 g/mol. The number of likely N-dealkylation sites (N-methyl/N-ethyl adjacent to an activating group) is 1. The summed E-state index contributed by atoms with van der Waals surface area (Å²) in [5.74, 6) is -1.26. The summed E-state index contributed by atoms with van der Waals surface area (Å²) >= 11 is 0. The average Bonchev–Trinajstić information content (AvgIpc) is 2.46. The first-order valence-electron chi connectivity index (χ1n) is 6.79. The van der Waals surface area contributed by atoms with E-state index in [1.54, 1.807) is 19.1 Å². The predicted molar refractivity (Wildman–Crippen MR) is 80.6 cm³/mol. The van der Waals surface area contributed by atoms with Crippen molar-refractivity contribution in [3.8, 4) is 0 Å². The normalized spacial score (nSPS) is 12.5. The Morgan fingerprint density at radius 3 is 2.36 bits per heavy atom. The van der Waals surface area contributed by atoms with Crippen LogP contribution in [-0.2, 0) is 24.3 Å². The lowest BCUT2D eigenvalue weighted by Gasteiger charge is -2.13. The van der Waals surface area contributed by atoms with Crippen LogP contribution in [0.15, 0.2) is 29.2 Å². The molecule has 1 aromatic rings. The summed E-state index contributed by atoms with van der Waals surface area (Å²) in [7, 11) is -3.79. The SMILES string of the molecule is CCNC(=O)[C@@H](C)OC(=O)CNS(=O)(=O)c1ccc(C)cc1. The molecular formula is C14H20N2O5S. The maximum atomic E-state index is 12.0. The monoisotopic (exact) mass is 328 g/mol. The van der Waals surface area contributed by atoms with Crippen molar-refractivity contribution in [1.82, 2.24) is 10.0 Å². The van der Waals surface area contributed by atoms with Gasteiger partial charge in [-0.3, -0.25) is 9.59 Å². The second-order valence-corrected chi connectivity index (χ2v) is 6.43. The van der Waals surface area contributed by atoms with Crippen LogP contribution in [0.2, 0.25) is 0 Å². The Labute approximate surface area is 130 Å². The molecule has 0 aliphatic heterocycles. The fourth-order valence-corrected chi connectivity index (χ4v) is 2.53. The number of hydrogen-bond donors (Lipinski definition) is 2. The van der Waals surface area contributed by atoms with Gasteiger partial charge in [0.25, 0.3) is 5.91 Å². The molecule has 0 saturated carbocycles. The molecule has 0 saturated heterocycles. The van der Waals surface area contributed by atoms with Gasteiger partial charge in [-0.2, -0.15) is 4.72 Å². The van der Waals surface area contributed by atoms with Crippen LogP contribution in [0.5, 0.6) is 0 Å². The number of nitrogens with one attached hydrogen (secondary N) is 2. The van der Waals surface area contributed by atoms with E-state index in [9.17, 15) is 18.0 Å². The van der Waals surface area contributed by atoms with E-state index in [2.05, 4.69) is 10.0 Å². The van der Waals surface area contributed by atoms with Gasteiger partial charge in [-0.15, -0.1) is 0 Å². The Hall–Kier alpha value is -1.93. The number of rotatable bonds is 7. The van der Waals surface area contributed by atoms with Gasteiger partial charge in [0.1, 0.15) is 6.54 Å². The second-order valence-electron chi connectivity index (χ2n) is 4.66. The van der Waals surface area contributed by atoms with E-state index in [4.69, 9.17) is 4.74 Å². The standard InChI is InChI=1S/C14H20N2O5S/c1-4-15-14(18)11(3)21-13(17)9-16-22(19,20)12-7-5-10(2)6-8-12/h5-8,11,16H,4,9H2,1-3H3,(H,15,18)/t11-/m1/s1. The van der Waals surface area contributed by atoms with Gasteiger partial charge in [-0.05, 0) is 32.9 Å². The summed E-state index contributed by atoms with van der Waals surface area (Å²) in [6.45, 7) is 4.87. The minimum absolute atomic E-state index is 0.0580. The van der Waals surface area contributed by atoms with Crippen molar-refractivity contribution in [1.29, 1.82) is 0 Å². The number of esters is 1. The van der Waals surface area contributed by atoms with Crippen LogP contribution >= 0.6 is 0 Å². The topological polar surface area (TPSA) is 102 Å². The number of amides is 1. The van der Waals surface area contributed by atoms with Crippen LogP contribution in [-0.4, -0.2) is 39.5 Å². The number of aryl methyl sites for hydroxylation is 1. The Morgan fingerprint density at radius 2 is 1.82 bits per heavy atom. The lowest BCUT2D eigenvalue weighted by atomic mass is 10.2. The van der Waals surface area contributed by atoms with Crippen LogP contribution < -0.4 is 10.0 Å². The van der Waals surface area contributed by atoms with E-state index < -0.39 is 34.5 Å². The third-order valence-electron chi connectivity index (χ3n) is 2.77. The molecule has 0 radical (unpaired) electrons. The van der Waals surface area contributed by atoms with Crippen molar-refractivity contribution in [2.75, 3.05) is 13.1 Å². The summed E-state index contributed by atoms with van der Waals surface area (Å²) in [5.41, 5.74) is 0.925. The summed E-state index contributed by atoms with van der Waals surface area (Å²) in [6.07, 6.45) is -0.976. The molecule has 0 bridgehead atoms. The molecule has 7 nitrogen and oxygen atoms in total. The maximum Gasteiger partial charge on any atom is 0.321 e. The van der Waals surface area contributed by atoms with Crippen molar-refractivity contribution in [2.24, 2.45) is 0 Å². The van der Waals surface area contributed by atoms with Gasteiger partial charge in [0, 0.05) is 6.54 Å². The quantitative estimate of drug-likeness (QED) is 0.703. The van der Waals surface area contributed by atoms with Crippen LogP contribution in [0.3, 0.4) is 0 Å². The first-order chi connectivity index (χ1) is 10.3. The molecule has 1 amide bonds. The third-order valence-corrected chi connectivity index (χ3v) is 4.18. The Morgan fingerprint density at radius 1 is 1.23 bits per heavy atom. The molecule has 0 fully saturated rings. The summed E-state index contributed by atoms with van der Waals surface area (Å²) in [5, 5.41) is 2.50. The number of ether oxygens (including phenoxy) is 1. The largest absolute Gasteiger partial charge is 0.452 e. The first-order valence-corrected chi connectivity index (χ1v) is 8.28. The molecule has 122 valence electrons. The predicted octanol–water partition coefficient (Wildman–Crippen LogP) is 0.341. The minimum Gasteiger partial charge on any atom is -0.452 e. The van der Waals surface area contributed by atoms with Gasteiger partial charge >= 0.3 is 5.97 Å². The van der Waals surface area contributed by atoms with Crippen LogP contribution in [0.1, 0.15) is 19.4 Å². The van der Waals surface area contributed by atoms with Crippen LogP contribution in [0.25, 0.3) is 0 Å². The Kier molecular flexibility index (Phi) is 6.51. The molecular weight excluding hydrogens is 308 g/mol. The highest BCUT2D eigenvalue weighted by molar-refractivity contribution is 7.89. The van der Waals surface area contributed by atoms with Gasteiger partial charge in [-0.1, -0.05) is 17.7 Å². The zero-order valence-corrected chi connectivity index (χ0v) is 13.6. The van der Waals surface area contributed by atoms with Crippen molar-refractivity contribution < 1.29 is 22.7 Å². The fraction of sp³-hybridized carbons (Fsp3) is 0.429. The summed E-state index contributed by atoms with van der Waals surface area (Å²) in [4.78, 5) is 23.0. The molecule has 8 heteroatoms. The zero-order chi connectivity index (χ0) is 16.8. The summed E-state index contributed by atoms with van der Waals surface area (Å²) in [6, 6.07) is 6.20. The van der Waals surface area contributed by atoms with Crippen molar-refractivity contribution in [2.45, 2.75) is 31.8 Å². The van der Waals surface area contributed by atoms with Gasteiger partial charge < -0.3 is 10.1 Å². The van der Waals surface area contributed by atoms with E-state index >= 15 is 0 Å². The molecule has 0 spiro atoms. The van der Waals surface area contributed by atoms with Gasteiger partial charge in [-0.25, -0.2) is 8.42 Å². The molecule has 0 aliphatic rings. The van der Waals surface area contributed by atoms with Crippen LogP contribution in [0, 0.1) is 6.92 Å². The highest BCUT2D eigenvalue weighted by Crippen LogP contribution is 2.09. The van der Waals surface area contributed by atoms with Crippen molar-refractivity contribution >= 4 is 21.9 Å². The van der Waals surface area contributed by atoms with Gasteiger partial charge in [0.2, 0.25) is 10.0 Å². The second kappa shape index (κ2) is 7.90. The molecule has 2 N–H and O–H groups in total. The Balaban J connectivity index is 2.56. The molecule has 0 aliphatic carbocycles. The van der Waals surface area contributed by atoms with Crippen molar-refractivity contribution in [3.63, 3.8) is 0 Å². The Bertz CT molecular complexity index is 625. The highest BCUT2D eigenvalue weighted by Gasteiger charge is 2.19. The van der Waals surface area contributed by atoms with Gasteiger partial charge in [0.15, 0.2) is 6.10 Å². The molecule has 0 heterocycles. The van der Waals surface area contributed by atoms with E-state index in [0.717, 1.165) is 5.56 Å². The number of carbonyl (C=O) groups is 2. The van der Waals surface area contributed by atoms with E-state index in [1.165, 1.54) is 19.1 Å². The zero-order valence-electron chi connectivity index (χ0n) is 12.8. The smallest absolute Gasteiger partial charge is 0.321 e. The molecule has 22 heavy (non-hydrogen) atoms. The number of hydrogen-bond acceptors (Lipinski definition) is 5. The van der Waals surface area contributed by atoms with Crippen LogP contribution in [0.4, 0.5) is 0 Å². The third kappa shape index (κ3) is 5.45. The van der Waals surface area contributed by atoms with E-state index in [1.807, 2.05) is 6.92 Å². The molecule has 1 aromatic carbocycles. The molecule has 0 aromatic heterocycles. The number of sulfonamides is 1. The minimum atomic E-state index is -3.79. The van der Waals surface area contributed by atoms with Gasteiger partial charge in [0.05, 0.1) is 4.90 Å². The lowest BCUT2D eigenvalue weighted by Crippen LogP contribution is -2.38. The first kappa shape index (κ1) is 18.1. The summed E-state index contributed by atoms with van der Waals surface area (Å²) < 4.78 is 30.9. The molecule has 0 unspecified atom stereocenters. The maximum absolute atomic E-state index is 12.0. The lowest BCUT2D eigenvalue weighted by molar-refractivity contribution is -0.153. The van der Waals surface area contributed by atoms with E-state index in [-0.39, 0.29) is 4.90 Å². The molecule has 1 atom stereocenters. The van der Waals surface area contributed by atoms with Crippen molar-refractivity contribution in [3.05, 3.63) is 29.8 Å². The highest BCUT2D eigenvalue weighted by atomic mass is 32.2. The number of benzene rings is 1.